The highest BCUT2D eigenvalue weighted by atomic mass is 16.7. The molecule has 26 atom stereocenters. The Morgan fingerprint density at radius 2 is 1.76 bits per heavy atom. The minimum Gasteiger partial charge on any atom is -0.469 e. The van der Waals surface area contributed by atoms with Gasteiger partial charge in [-0.1, -0.05) is 87.9 Å². The molecule has 1 aromatic carbocycles. The third-order valence-electron chi connectivity index (χ3n) is 31.6. The van der Waals surface area contributed by atoms with E-state index in [2.05, 4.69) is 98.4 Å². The summed E-state index contributed by atoms with van der Waals surface area (Å²) < 4.78 is 38.0. The summed E-state index contributed by atoms with van der Waals surface area (Å²) in [5, 5.41) is 41.9. The number of ketones is 1. The maximum atomic E-state index is 17.7. The molecule has 0 amide bonds. The van der Waals surface area contributed by atoms with Gasteiger partial charge in [-0.15, -0.1) is 0 Å². The largest absolute Gasteiger partial charge is 0.469 e. The lowest BCUT2D eigenvalue weighted by molar-refractivity contribution is -0.315. The second-order valence-corrected chi connectivity index (χ2v) is 34.7. The average molecular weight is 1230 g/mol. The molecule has 13 nitrogen and oxygen atoms in total. The summed E-state index contributed by atoms with van der Waals surface area (Å²) in [6.45, 7) is 10.5. The van der Waals surface area contributed by atoms with E-state index in [4.69, 9.17) is 23.4 Å². The number of allylic oxidation sites excluding steroid dienone is 1. The number of nitrogens with zero attached hydrogens (tertiary/aromatic N) is 1. The lowest BCUT2D eigenvalue weighted by Crippen LogP contribution is -2.83. The number of nitrogens with one attached hydrogen (secondary N) is 1. The number of aliphatic hydroxyl groups is 3. The lowest BCUT2D eigenvalue weighted by Gasteiger charge is -2.74. The molecule has 7 aliphatic heterocycles. The predicted octanol–water partition coefficient (Wildman–Crippen LogP) is 10.6. The van der Waals surface area contributed by atoms with Gasteiger partial charge in [-0.05, 0) is 221 Å². The summed E-state index contributed by atoms with van der Waals surface area (Å²) in [6, 6.07) is 13.2. The molecule has 9 saturated carbocycles. The number of cyclic esters (lactones) is 1. The fourth-order valence-electron chi connectivity index (χ4n) is 29.1. The van der Waals surface area contributed by atoms with E-state index >= 15 is 19.5 Å². The molecule has 5 saturated heterocycles. The molecule has 13 heteroatoms. The first-order valence-corrected chi connectivity index (χ1v) is 36.2. The number of benzene rings is 1. The molecular formula is C77H96N2O11. The highest BCUT2D eigenvalue weighted by Crippen LogP contribution is 2.93. The van der Waals surface area contributed by atoms with Crippen LogP contribution in [0.25, 0.3) is 0 Å². The lowest BCUT2D eigenvalue weighted by atomic mass is 9.28. The zero-order valence-electron chi connectivity index (χ0n) is 53.6. The van der Waals surface area contributed by atoms with Crippen molar-refractivity contribution in [3.05, 3.63) is 83.5 Å². The van der Waals surface area contributed by atoms with E-state index in [9.17, 15) is 10.2 Å². The van der Waals surface area contributed by atoms with Crippen molar-refractivity contribution in [3.63, 3.8) is 0 Å². The van der Waals surface area contributed by atoms with Gasteiger partial charge >= 0.3 is 11.9 Å². The molecule has 1 aromatic heterocycles. The van der Waals surface area contributed by atoms with Crippen LogP contribution in [-0.2, 0) is 51.8 Å². The van der Waals surface area contributed by atoms with Crippen molar-refractivity contribution in [3.8, 4) is 11.8 Å². The predicted molar refractivity (Wildman–Crippen MR) is 332 cm³/mol. The summed E-state index contributed by atoms with van der Waals surface area (Å²) >= 11 is 0. The van der Waals surface area contributed by atoms with Crippen LogP contribution in [0.3, 0.4) is 0 Å². The molecular weight excluding hydrogens is 1130 g/mol. The van der Waals surface area contributed by atoms with Crippen LogP contribution in [-0.4, -0.2) is 106 Å². The number of aliphatic hydroxyl groups excluding tert-OH is 3. The van der Waals surface area contributed by atoms with Crippen LogP contribution in [0.1, 0.15) is 173 Å². The Bertz CT molecular complexity index is 3510. The number of rotatable bonds is 10. The normalized spacial score (nSPS) is 51.6. The second-order valence-electron chi connectivity index (χ2n) is 34.7. The van der Waals surface area contributed by atoms with Crippen LogP contribution in [0.4, 0.5) is 0 Å². The number of fused-ring (bicyclic) bond motifs is 6. The summed E-state index contributed by atoms with van der Waals surface area (Å²) in [6.07, 6.45) is 25.0. The molecule has 19 rings (SSSR count). The van der Waals surface area contributed by atoms with Crippen molar-refractivity contribution in [1.82, 2.24) is 10.2 Å². The molecule has 10 aliphatic carbocycles. The van der Waals surface area contributed by atoms with Gasteiger partial charge in [0.05, 0.1) is 54.9 Å². The highest BCUT2D eigenvalue weighted by molar-refractivity contribution is 5.94. The fourth-order valence-corrected chi connectivity index (χ4v) is 29.1. The molecule has 9 bridgehead atoms. The number of ether oxygens (including phenoxy) is 4. The highest BCUT2D eigenvalue weighted by Gasteiger charge is 3.00. The van der Waals surface area contributed by atoms with E-state index in [0.717, 1.165) is 96.7 Å². The SMILES string of the molecule is CC(C)C[C@H]1C=C2C[C@H]3CC[C@@]4(CCC5(CCCC5)C4)[C@]34C[C@@H]3C[C@]5(C)[C@]67O[C@@H]6C(=O)O[C@]5(c5ccoc5C[C@@H]([C@@H]5CC[C@H]6[C@H](C=CN8CNC[C@@H]68)C5)[C@H](O)CO)CC#C[C@@H]5CC[C@@H](Cc6ccccc6)C[C@@H]5[C@]75[C@H](O)C(=O)[C@@H]6[C@@]1(C)O[C@]21[C@H]4C(=O)OC[C@@]61[C@@H]35. The van der Waals surface area contributed by atoms with E-state index in [1.165, 1.54) is 43.2 Å². The van der Waals surface area contributed by atoms with Crippen LogP contribution in [0.2, 0.25) is 0 Å². The van der Waals surface area contributed by atoms with Gasteiger partial charge in [-0.2, -0.15) is 0 Å². The molecule has 17 aliphatic rings. The third kappa shape index (κ3) is 6.50. The maximum Gasteiger partial charge on any atom is 0.339 e. The number of hydrogen-bond acceptors (Lipinski definition) is 13. The molecule has 14 fully saturated rings. The number of Topliss-reactive ketones (excluding diaryl/α,β-unsaturated/α-hetero) is 1. The Morgan fingerprint density at radius 3 is 2.58 bits per heavy atom. The quantitative estimate of drug-likeness (QED) is 0.0765. The van der Waals surface area contributed by atoms with Gasteiger partial charge in [-0.3, -0.25) is 14.9 Å². The summed E-state index contributed by atoms with van der Waals surface area (Å²) in [5.41, 5.74) is -6.20. The number of furan rings is 1. The third-order valence-corrected chi connectivity index (χ3v) is 31.6. The van der Waals surface area contributed by atoms with Crippen LogP contribution >= 0.6 is 0 Å². The topological polar surface area (TPSA) is 181 Å². The zero-order valence-corrected chi connectivity index (χ0v) is 53.6. The minimum atomic E-state index is -1.58. The smallest absolute Gasteiger partial charge is 0.339 e. The molecule has 0 radical (unpaired) electrons. The van der Waals surface area contributed by atoms with Crippen molar-refractivity contribution >= 4 is 17.7 Å². The van der Waals surface area contributed by atoms with Gasteiger partial charge in [0, 0.05) is 47.2 Å². The van der Waals surface area contributed by atoms with Crippen LogP contribution in [0, 0.1) is 127 Å². The standard InChI is InChI=1S/C77H96N2O11/c1-43(2)29-51-34-52-33-50-18-24-71(26-25-70(40-71)21-8-9-22-70)72(50)37-49-36-68(3)74(55-20-28-86-59(55)35-54(58(81)39-80)47-16-17-53-48(32-47)19-27-79-42-78-38-57(53)79)23-10-13-46-15-14-45(30-44-11-6-5-7-12-44)31-56(46)75(77(68)65(88-77)67(85)89-74)61(49)73-41-87-66(84)63(72)76(52,73)90-69(51,4)62(73)60(82)64(75)83/h5-7,11-12,19-20,27-28,34,43,45-51,53-54,56-58,61-65,78,80-81,83H,8-9,14-18,21-26,29-33,35-42H2,1-4H3/t45-,46+,47+,48+,49-,50+,51-,53-,54-,56-,57-,58+,61+,62+,63-,64+,65+,68-,69-,71-,72+,73+,74-,75-,76-,77+/m0/s1. The zero-order chi connectivity index (χ0) is 61.1. The number of hydrogen-bond donors (Lipinski definition) is 4. The molecule has 480 valence electrons. The van der Waals surface area contributed by atoms with E-state index in [0.29, 0.717) is 48.5 Å². The van der Waals surface area contributed by atoms with E-state index < -0.39 is 98.6 Å². The van der Waals surface area contributed by atoms with E-state index in [1.54, 1.807) is 6.26 Å². The molecule has 8 heterocycles. The fraction of sp³-hybridized carbons (Fsp3) is 0.753. The minimum absolute atomic E-state index is 0.0196. The van der Waals surface area contributed by atoms with Gasteiger partial charge in [0.15, 0.2) is 17.5 Å². The maximum absolute atomic E-state index is 17.7. The monoisotopic (exact) mass is 1220 g/mol. The second kappa shape index (κ2) is 18.8. The Kier molecular flexibility index (Phi) is 11.9. The summed E-state index contributed by atoms with van der Waals surface area (Å²) in [4.78, 5) is 52.8. The van der Waals surface area contributed by atoms with E-state index in [-0.39, 0.29) is 83.0 Å². The Labute approximate surface area is 531 Å². The van der Waals surface area contributed by atoms with Crippen LogP contribution in [0.5, 0.6) is 0 Å². The van der Waals surface area contributed by atoms with Gasteiger partial charge in [0.2, 0.25) is 0 Å². The van der Waals surface area contributed by atoms with Crippen molar-refractivity contribution in [2.75, 3.05) is 26.4 Å². The van der Waals surface area contributed by atoms with Gasteiger partial charge in [0.25, 0.3) is 0 Å². The molecule has 2 aromatic rings. The Balaban J connectivity index is 0.850. The molecule has 90 heavy (non-hydrogen) atoms. The van der Waals surface area contributed by atoms with Crippen LogP contribution < -0.4 is 5.32 Å². The Hall–Kier alpha value is -4.29. The average Bonchev–Trinajstić information content (AvgIpc) is 1.40. The van der Waals surface area contributed by atoms with Crippen molar-refractivity contribution < 1.29 is 53.1 Å². The molecule has 0 unspecified atom stereocenters. The van der Waals surface area contributed by atoms with Gasteiger partial charge in [-0.25, -0.2) is 4.79 Å². The number of epoxide rings is 1. The Morgan fingerprint density at radius 1 is 0.911 bits per heavy atom. The van der Waals surface area contributed by atoms with Crippen molar-refractivity contribution in [1.29, 1.82) is 0 Å². The van der Waals surface area contributed by atoms with E-state index in [1.807, 2.05) is 6.07 Å². The molecule has 7 spiro atoms. The number of carbonyl (C=O) groups is 3. The number of carbonyl (C=O) groups excluding carboxylic acids is 3. The molecule has 4 N–H and O–H groups in total. The van der Waals surface area contributed by atoms with Crippen molar-refractivity contribution in [2.24, 2.45) is 115 Å². The first kappa shape index (κ1) is 57.2. The number of esters is 2. The summed E-state index contributed by atoms with van der Waals surface area (Å²) in [5.74, 6) is 5.86. The first-order valence-electron chi connectivity index (χ1n) is 36.2. The first-order chi connectivity index (χ1) is 43.4. The van der Waals surface area contributed by atoms with Gasteiger partial charge in [0.1, 0.15) is 29.7 Å². The summed E-state index contributed by atoms with van der Waals surface area (Å²) in [7, 11) is 0. The van der Waals surface area contributed by atoms with Gasteiger partial charge < -0.3 is 43.6 Å². The van der Waals surface area contributed by atoms with Crippen LogP contribution in [0.15, 0.2) is 71.0 Å². The van der Waals surface area contributed by atoms with Crippen molar-refractivity contribution in [2.45, 2.75) is 216 Å².